The molecule has 2 aliphatic carbocycles. The summed E-state index contributed by atoms with van der Waals surface area (Å²) in [6, 6.07) is 5.22. The van der Waals surface area contributed by atoms with Crippen LogP contribution in [0.3, 0.4) is 0 Å². The van der Waals surface area contributed by atoms with Gasteiger partial charge in [-0.15, -0.1) is 0 Å². The van der Waals surface area contributed by atoms with E-state index < -0.39 is 17.6 Å². The molecule has 2 aromatic rings. The molecule has 184 valence electrons. The molecule has 3 aliphatic rings. The first-order valence-electron chi connectivity index (χ1n) is 11.8. The molecule has 0 spiro atoms. The number of fused-ring (bicyclic) bond motifs is 1. The quantitative estimate of drug-likeness (QED) is 0.590. The fourth-order valence-corrected chi connectivity index (χ4v) is 6.04. The fraction of sp³-hybridized carbons (Fsp3) is 0.583. The van der Waals surface area contributed by atoms with E-state index in [0.717, 1.165) is 44.5 Å². The highest BCUT2D eigenvalue weighted by molar-refractivity contribution is 5.98. The van der Waals surface area contributed by atoms with Crippen molar-refractivity contribution < 1.29 is 23.1 Å². The van der Waals surface area contributed by atoms with E-state index in [2.05, 4.69) is 22.2 Å². The highest BCUT2D eigenvalue weighted by atomic mass is 19.4. The number of hydrogen-bond acceptors (Lipinski definition) is 5. The number of carbonyl (C=O) groups excluding carboxylic acids is 1. The average molecular weight is 478 g/mol. The molecule has 2 heterocycles. The van der Waals surface area contributed by atoms with Gasteiger partial charge in [0, 0.05) is 37.6 Å². The summed E-state index contributed by atoms with van der Waals surface area (Å²) in [5, 5.41) is 16.9. The van der Waals surface area contributed by atoms with Crippen LogP contribution >= 0.6 is 0 Å². The summed E-state index contributed by atoms with van der Waals surface area (Å²) >= 11 is 0. The zero-order chi connectivity index (χ0) is 24.2. The van der Waals surface area contributed by atoms with Gasteiger partial charge in [-0.25, -0.2) is 0 Å². The number of nitrogens with zero attached hydrogens (tertiary/aromatic N) is 3. The molecule has 0 bridgehead atoms. The minimum absolute atomic E-state index is 0.111. The van der Waals surface area contributed by atoms with Gasteiger partial charge in [0.15, 0.2) is 5.82 Å². The number of aliphatic hydroxyl groups excluding tert-OH is 1. The standard InChI is InChI=1S/C24H30F3N5O2/c1-13-8-16(31-9-17-18(10-31)20(17)12-33)6-7-21(13)32-11-19(22(28)34)23(30-32)29-15-4-2-14(3-5-15)24(25,26)27/h2-5,11,13,16-18,20-21,33H,6-10,12H2,1H3,(H2,28,34)(H,29,30)/t13-,16-,17-,18?,20?,21-/m0/s1. The van der Waals surface area contributed by atoms with Gasteiger partial charge >= 0.3 is 6.18 Å². The van der Waals surface area contributed by atoms with E-state index in [1.54, 1.807) is 10.9 Å². The minimum Gasteiger partial charge on any atom is -0.396 e. The Morgan fingerprint density at radius 3 is 2.44 bits per heavy atom. The van der Waals surface area contributed by atoms with Gasteiger partial charge < -0.3 is 16.2 Å². The Kier molecular flexibility index (Phi) is 5.84. The van der Waals surface area contributed by atoms with Crippen LogP contribution in [-0.4, -0.2) is 51.4 Å². The summed E-state index contributed by atoms with van der Waals surface area (Å²) < 4.78 is 40.3. The van der Waals surface area contributed by atoms with Crippen LogP contribution in [0, 0.1) is 23.7 Å². The van der Waals surface area contributed by atoms with Crippen molar-refractivity contribution in [3.8, 4) is 0 Å². The summed E-state index contributed by atoms with van der Waals surface area (Å²) in [6.07, 6.45) is 0.213. The van der Waals surface area contributed by atoms with E-state index >= 15 is 0 Å². The number of likely N-dealkylation sites (tertiary alicyclic amines) is 1. The first kappa shape index (κ1) is 23.2. The maximum absolute atomic E-state index is 12.8. The van der Waals surface area contributed by atoms with Crippen molar-refractivity contribution in [2.45, 2.75) is 44.4 Å². The number of piperidine rings is 1. The molecule has 1 aromatic heterocycles. The zero-order valence-corrected chi connectivity index (χ0v) is 19.0. The number of alkyl halides is 3. The Morgan fingerprint density at radius 2 is 1.88 bits per heavy atom. The van der Waals surface area contributed by atoms with E-state index in [4.69, 9.17) is 5.73 Å². The Hall–Kier alpha value is -2.59. The second-order valence-corrected chi connectivity index (χ2v) is 10.1. The topological polar surface area (TPSA) is 96.4 Å². The van der Waals surface area contributed by atoms with Crippen molar-refractivity contribution in [3.05, 3.63) is 41.6 Å². The van der Waals surface area contributed by atoms with Crippen LogP contribution in [-0.2, 0) is 6.18 Å². The number of benzene rings is 1. The molecule has 4 N–H and O–H groups in total. The van der Waals surface area contributed by atoms with Crippen LogP contribution in [0.1, 0.15) is 48.1 Å². The Bertz CT molecular complexity index is 1040. The lowest BCUT2D eigenvalue weighted by Crippen LogP contribution is -2.41. The average Bonchev–Trinajstić information content (AvgIpc) is 3.11. The Morgan fingerprint density at radius 1 is 1.21 bits per heavy atom. The van der Waals surface area contributed by atoms with Gasteiger partial charge in [-0.1, -0.05) is 6.92 Å². The number of primary amides is 1. The summed E-state index contributed by atoms with van der Waals surface area (Å²) in [6.45, 7) is 4.65. The molecule has 3 fully saturated rings. The highest BCUT2D eigenvalue weighted by Crippen LogP contribution is 2.53. The normalized spacial score (nSPS) is 31.3. The number of nitrogens with two attached hydrogens (primary N) is 1. The maximum Gasteiger partial charge on any atom is 0.416 e. The largest absolute Gasteiger partial charge is 0.416 e. The van der Waals surface area contributed by atoms with Crippen molar-refractivity contribution >= 4 is 17.4 Å². The maximum atomic E-state index is 12.8. The van der Waals surface area contributed by atoms with Gasteiger partial charge in [-0.05, 0) is 67.2 Å². The van der Waals surface area contributed by atoms with Gasteiger partial charge in [-0.3, -0.25) is 14.4 Å². The molecule has 0 radical (unpaired) electrons. The third kappa shape index (κ3) is 4.29. The second kappa shape index (κ2) is 8.57. The van der Waals surface area contributed by atoms with Crippen molar-refractivity contribution in [2.24, 2.45) is 29.4 Å². The molecule has 2 saturated carbocycles. The van der Waals surface area contributed by atoms with E-state index in [1.165, 1.54) is 12.1 Å². The molecule has 1 aromatic carbocycles. The number of hydrogen-bond donors (Lipinski definition) is 3. The van der Waals surface area contributed by atoms with E-state index in [1.807, 2.05) is 0 Å². The van der Waals surface area contributed by atoms with Crippen LogP contribution in [0.2, 0.25) is 0 Å². The van der Waals surface area contributed by atoms with Crippen LogP contribution in [0.15, 0.2) is 30.5 Å². The van der Waals surface area contributed by atoms with Crippen LogP contribution in [0.5, 0.6) is 0 Å². The number of amides is 1. The summed E-state index contributed by atoms with van der Waals surface area (Å²) in [5.74, 6) is 1.75. The first-order valence-corrected chi connectivity index (χ1v) is 11.8. The van der Waals surface area contributed by atoms with E-state index in [0.29, 0.717) is 42.0 Å². The smallest absolute Gasteiger partial charge is 0.396 e. The molecule has 6 atom stereocenters. The van der Waals surface area contributed by atoms with Crippen LogP contribution < -0.4 is 11.1 Å². The third-order valence-corrected chi connectivity index (χ3v) is 8.04. The van der Waals surface area contributed by atoms with Crippen molar-refractivity contribution in [2.75, 3.05) is 25.0 Å². The third-order valence-electron chi connectivity index (χ3n) is 8.04. The van der Waals surface area contributed by atoms with Crippen molar-refractivity contribution in [3.63, 3.8) is 0 Å². The van der Waals surface area contributed by atoms with Gasteiger partial charge in [0.2, 0.25) is 0 Å². The number of aromatic nitrogens is 2. The SMILES string of the molecule is C[C@H]1C[C@@H](N2CC3C(CO)[C@H]3C2)CC[C@@H]1n1cc(C(N)=O)c(Nc2ccc(C(F)(F)F)cc2)n1. The predicted octanol–water partition coefficient (Wildman–Crippen LogP) is 3.64. The van der Waals surface area contributed by atoms with E-state index in [-0.39, 0.29) is 17.4 Å². The number of anilines is 2. The van der Waals surface area contributed by atoms with Gasteiger partial charge in [0.25, 0.3) is 5.91 Å². The molecule has 1 amide bonds. The number of aliphatic hydroxyl groups is 1. The van der Waals surface area contributed by atoms with Crippen LogP contribution in [0.4, 0.5) is 24.7 Å². The lowest BCUT2D eigenvalue weighted by Gasteiger charge is -2.39. The molecule has 1 aliphatic heterocycles. The predicted molar refractivity (Wildman–Crippen MR) is 120 cm³/mol. The van der Waals surface area contributed by atoms with Crippen LogP contribution in [0.25, 0.3) is 0 Å². The van der Waals surface area contributed by atoms with E-state index in [9.17, 15) is 23.1 Å². The second-order valence-electron chi connectivity index (χ2n) is 10.1. The number of rotatable bonds is 6. The minimum atomic E-state index is -4.41. The molecule has 10 heteroatoms. The van der Waals surface area contributed by atoms with Gasteiger partial charge in [-0.2, -0.15) is 18.3 Å². The molecular formula is C24H30F3N5O2. The fourth-order valence-electron chi connectivity index (χ4n) is 6.04. The first-order chi connectivity index (χ1) is 16.2. The zero-order valence-electron chi connectivity index (χ0n) is 19.0. The number of halogens is 3. The molecule has 5 rings (SSSR count). The number of carbonyl (C=O) groups is 1. The highest BCUT2D eigenvalue weighted by Gasteiger charge is 2.56. The lowest BCUT2D eigenvalue weighted by molar-refractivity contribution is -0.137. The molecular weight excluding hydrogens is 447 g/mol. The molecule has 1 saturated heterocycles. The number of nitrogens with one attached hydrogen (secondary N) is 1. The van der Waals surface area contributed by atoms with Gasteiger partial charge in [0.05, 0.1) is 11.6 Å². The summed E-state index contributed by atoms with van der Waals surface area (Å²) in [5.41, 5.74) is 5.43. The summed E-state index contributed by atoms with van der Waals surface area (Å²) in [7, 11) is 0. The summed E-state index contributed by atoms with van der Waals surface area (Å²) in [4.78, 5) is 14.6. The Labute approximate surface area is 196 Å². The van der Waals surface area contributed by atoms with Crippen molar-refractivity contribution in [1.29, 1.82) is 0 Å². The Balaban J connectivity index is 1.26. The van der Waals surface area contributed by atoms with Crippen molar-refractivity contribution in [1.82, 2.24) is 14.7 Å². The van der Waals surface area contributed by atoms with Gasteiger partial charge in [0.1, 0.15) is 5.56 Å². The molecule has 34 heavy (non-hydrogen) atoms. The monoisotopic (exact) mass is 477 g/mol. The lowest BCUT2D eigenvalue weighted by atomic mass is 9.82. The molecule has 7 nitrogen and oxygen atoms in total. The molecule has 2 unspecified atom stereocenters.